The number of rotatable bonds is 2. The van der Waals surface area contributed by atoms with Gasteiger partial charge in [0.1, 0.15) is 5.69 Å². The zero-order valence-electron chi connectivity index (χ0n) is 6.07. The van der Waals surface area contributed by atoms with Gasteiger partial charge in [0.2, 0.25) is 0 Å². The molecule has 0 bridgehead atoms. The maximum atomic E-state index is 10.3. The number of nitrogens with zero attached hydrogens (tertiary/aromatic N) is 1. The lowest BCUT2D eigenvalue weighted by Crippen LogP contribution is -1.92. The van der Waals surface area contributed by atoms with Gasteiger partial charge in [0.25, 0.3) is 0 Å². The third-order valence-corrected chi connectivity index (χ3v) is 1.42. The van der Waals surface area contributed by atoms with Gasteiger partial charge in [-0.1, -0.05) is 0 Å². The summed E-state index contributed by atoms with van der Waals surface area (Å²) in [5.74, 6) is 0. The summed E-state index contributed by atoms with van der Waals surface area (Å²) in [7, 11) is 0. The van der Waals surface area contributed by atoms with Gasteiger partial charge in [-0.25, -0.2) is 0 Å². The molecule has 0 unspecified atom stereocenters. The summed E-state index contributed by atoms with van der Waals surface area (Å²) in [6.45, 7) is 1.76. The van der Waals surface area contributed by atoms with Gasteiger partial charge in [-0.15, -0.1) is 0 Å². The molecule has 1 rings (SSSR count). The number of carbonyl (C=O) groups excluding carboxylic acids is 2. The molecule has 0 radical (unpaired) electrons. The molecule has 11 heavy (non-hydrogen) atoms. The number of aryl methyl sites for hydroxylation is 1. The van der Waals surface area contributed by atoms with Gasteiger partial charge in [0.15, 0.2) is 12.6 Å². The van der Waals surface area contributed by atoms with Crippen molar-refractivity contribution < 1.29 is 9.59 Å². The van der Waals surface area contributed by atoms with Crippen molar-refractivity contribution in [1.82, 2.24) is 4.98 Å². The van der Waals surface area contributed by atoms with Crippen molar-refractivity contribution in [3.8, 4) is 0 Å². The van der Waals surface area contributed by atoms with Crippen LogP contribution in [0.25, 0.3) is 0 Å². The second-order valence-electron chi connectivity index (χ2n) is 2.20. The molecule has 0 fully saturated rings. The largest absolute Gasteiger partial charge is 0.298 e. The van der Waals surface area contributed by atoms with Crippen molar-refractivity contribution >= 4 is 12.6 Å². The van der Waals surface area contributed by atoms with Gasteiger partial charge in [0, 0.05) is 11.8 Å². The highest BCUT2D eigenvalue weighted by atomic mass is 16.1. The Kier molecular flexibility index (Phi) is 2.11. The molecule has 56 valence electrons. The SMILES string of the molecule is Cc1cc(C=O)ncc1C=O. The van der Waals surface area contributed by atoms with E-state index < -0.39 is 0 Å². The zero-order valence-corrected chi connectivity index (χ0v) is 6.07. The van der Waals surface area contributed by atoms with Gasteiger partial charge in [-0.05, 0) is 18.6 Å². The first-order valence-electron chi connectivity index (χ1n) is 3.15. The summed E-state index contributed by atoms with van der Waals surface area (Å²) in [5.41, 5.74) is 1.65. The lowest BCUT2D eigenvalue weighted by atomic mass is 10.1. The molecule has 0 aliphatic rings. The Morgan fingerprint density at radius 2 is 2.09 bits per heavy atom. The van der Waals surface area contributed by atoms with Crippen LogP contribution in [0, 0.1) is 6.92 Å². The van der Waals surface area contributed by atoms with Crippen molar-refractivity contribution in [2.45, 2.75) is 6.92 Å². The second kappa shape index (κ2) is 3.05. The minimum Gasteiger partial charge on any atom is -0.298 e. The Bertz CT molecular complexity index is 294. The van der Waals surface area contributed by atoms with Gasteiger partial charge in [-0.2, -0.15) is 0 Å². The highest BCUT2D eigenvalue weighted by Crippen LogP contribution is 2.03. The molecule has 0 aromatic carbocycles. The van der Waals surface area contributed by atoms with E-state index >= 15 is 0 Å². The number of hydrogen-bond donors (Lipinski definition) is 0. The quantitative estimate of drug-likeness (QED) is 0.589. The first-order chi connectivity index (χ1) is 5.27. The Morgan fingerprint density at radius 1 is 1.36 bits per heavy atom. The summed E-state index contributed by atoms with van der Waals surface area (Å²) in [6.07, 6.45) is 2.77. The van der Waals surface area contributed by atoms with Crippen LogP contribution < -0.4 is 0 Å². The van der Waals surface area contributed by atoms with Gasteiger partial charge < -0.3 is 0 Å². The zero-order chi connectivity index (χ0) is 8.27. The van der Waals surface area contributed by atoms with E-state index in [0.29, 0.717) is 17.5 Å². The number of hydrogen-bond acceptors (Lipinski definition) is 3. The van der Waals surface area contributed by atoms with Crippen molar-refractivity contribution in [3.05, 3.63) is 29.1 Å². The molecule has 0 saturated heterocycles. The van der Waals surface area contributed by atoms with Crippen molar-refractivity contribution in [2.24, 2.45) is 0 Å². The van der Waals surface area contributed by atoms with Crippen LogP contribution in [-0.2, 0) is 0 Å². The van der Waals surface area contributed by atoms with Crippen LogP contribution in [0.15, 0.2) is 12.3 Å². The summed E-state index contributed by atoms with van der Waals surface area (Å²) in [5, 5.41) is 0. The minimum absolute atomic E-state index is 0.355. The summed E-state index contributed by atoms with van der Waals surface area (Å²) in [4.78, 5) is 24.2. The summed E-state index contributed by atoms with van der Waals surface area (Å²) in [6, 6.07) is 1.58. The van der Waals surface area contributed by atoms with Crippen molar-refractivity contribution in [3.63, 3.8) is 0 Å². The monoisotopic (exact) mass is 149 g/mol. The van der Waals surface area contributed by atoms with Gasteiger partial charge in [-0.3, -0.25) is 14.6 Å². The molecule has 0 spiro atoms. The molecule has 0 N–H and O–H groups in total. The average Bonchev–Trinajstić information content (AvgIpc) is 2.04. The first kappa shape index (κ1) is 7.60. The molecule has 1 aromatic rings. The summed E-state index contributed by atoms with van der Waals surface area (Å²) >= 11 is 0. The number of aromatic nitrogens is 1. The van der Waals surface area contributed by atoms with E-state index in [2.05, 4.69) is 4.98 Å². The molecule has 1 aromatic heterocycles. The normalized spacial score (nSPS) is 9.18. The maximum absolute atomic E-state index is 10.3. The molecule has 0 atom stereocenters. The topological polar surface area (TPSA) is 47.0 Å². The Balaban J connectivity index is 3.18. The first-order valence-corrected chi connectivity index (χ1v) is 3.15. The average molecular weight is 149 g/mol. The molecule has 1 heterocycles. The van der Waals surface area contributed by atoms with Crippen LogP contribution in [0.2, 0.25) is 0 Å². The van der Waals surface area contributed by atoms with E-state index in [0.717, 1.165) is 11.8 Å². The highest BCUT2D eigenvalue weighted by Gasteiger charge is 1.97. The predicted octanol–water partition coefficient (Wildman–Crippen LogP) is 1.02. The third kappa shape index (κ3) is 1.49. The van der Waals surface area contributed by atoms with Crippen LogP contribution in [-0.4, -0.2) is 17.6 Å². The number of aldehydes is 2. The van der Waals surface area contributed by atoms with Crippen LogP contribution in [0.3, 0.4) is 0 Å². The van der Waals surface area contributed by atoms with Crippen LogP contribution >= 0.6 is 0 Å². The third-order valence-electron chi connectivity index (χ3n) is 1.42. The molecule has 0 aliphatic heterocycles. The number of carbonyl (C=O) groups is 2. The standard InChI is InChI=1S/C8H7NO2/c1-6-2-8(5-11)9-3-7(6)4-10/h2-5H,1H3. The van der Waals surface area contributed by atoms with Gasteiger partial charge in [0.05, 0.1) is 0 Å². The fourth-order valence-corrected chi connectivity index (χ4v) is 0.776. The van der Waals surface area contributed by atoms with Gasteiger partial charge >= 0.3 is 0 Å². The van der Waals surface area contributed by atoms with Crippen LogP contribution in [0.1, 0.15) is 26.4 Å². The lowest BCUT2D eigenvalue weighted by Gasteiger charge is -1.95. The molecule has 0 amide bonds. The predicted molar refractivity (Wildman–Crippen MR) is 39.7 cm³/mol. The second-order valence-corrected chi connectivity index (χ2v) is 2.20. The minimum atomic E-state index is 0.355. The van der Waals surface area contributed by atoms with E-state index in [1.165, 1.54) is 6.20 Å². The Hall–Kier alpha value is -1.51. The highest BCUT2D eigenvalue weighted by molar-refractivity contribution is 5.79. The van der Waals surface area contributed by atoms with E-state index in [4.69, 9.17) is 0 Å². The number of pyridine rings is 1. The molecule has 0 aliphatic carbocycles. The smallest absolute Gasteiger partial charge is 0.168 e. The van der Waals surface area contributed by atoms with Crippen LogP contribution in [0.4, 0.5) is 0 Å². The van der Waals surface area contributed by atoms with E-state index in [1.807, 2.05) is 0 Å². The fraction of sp³-hybridized carbons (Fsp3) is 0.125. The molecule has 0 saturated carbocycles. The Morgan fingerprint density at radius 3 is 2.55 bits per heavy atom. The van der Waals surface area contributed by atoms with E-state index in [1.54, 1.807) is 13.0 Å². The molecular weight excluding hydrogens is 142 g/mol. The molecular formula is C8H7NO2. The van der Waals surface area contributed by atoms with Crippen molar-refractivity contribution in [2.75, 3.05) is 0 Å². The van der Waals surface area contributed by atoms with E-state index in [-0.39, 0.29) is 0 Å². The maximum Gasteiger partial charge on any atom is 0.168 e. The fourth-order valence-electron chi connectivity index (χ4n) is 0.776. The molecule has 3 nitrogen and oxygen atoms in total. The Labute approximate surface area is 64.1 Å². The lowest BCUT2D eigenvalue weighted by molar-refractivity contribution is 0.110. The summed E-state index contributed by atoms with van der Waals surface area (Å²) < 4.78 is 0. The molecule has 3 heteroatoms. The van der Waals surface area contributed by atoms with E-state index in [9.17, 15) is 9.59 Å². The van der Waals surface area contributed by atoms with Crippen LogP contribution in [0.5, 0.6) is 0 Å². The van der Waals surface area contributed by atoms with Crippen molar-refractivity contribution in [1.29, 1.82) is 0 Å².